The minimum atomic E-state index is -1.57. The zero-order valence-corrected chi connectivity index (χ0v) is 8.86. The molecule has 0 saturated heterocycles. The van der Waals surface area contributed by atoms with Gasteiger partial charge in [-0.1, -0.05) is 29.8 Å². The molecule has 0 bridgehead atoms. The summed E-state index contributed by atoms with van der Waals surface area (Å²) in [6, 6.07) is 8.29. The van der Waals surface area contributed by atoms with E-state index in [4.69, 9.17) is 7.58 Å². The number of benzene rings is 1. The zero-order chi connectivity index (χ0) is 8.97. The lowest BCUT2D eigenvalue weighted by atomic mass is 10.2. The number of aryl methyl sites for hydroxylation is 1. The van der Waals surface area contributed by atoms with Crippen LogP contribution < -0.4 is 4.43 Å². The quantitative estimate of drug-likeness (QED) is 0.645. The first kappa shape index (κ1) is 9.76. The van der Waals surface area contributed by atoms with Crippen LogP contribution in [0.25, 0.3) is 0 Å². The monoisotopic (exact) mass is 180 g/mol. The molecule has 0 saturated carbocycles. The van der Waals surface area contributed by atoms with E-state index in [1.807, 2.05) is 0 Å². The van der Waals surface area contributed by atoms with E-state index in [0.29, 0.717) is 0 Å². The van der Waals surface area contributed by atoms with E-state index in [9.17, 15) is 0 Å². The van der Waals surface area contributed by atoms with Crippen LogP contribution in [0.15, 0.2) is 24.3 Å². The van der Waals surface area contributed by atoms with E-state index in [1.54, 1.807) is 14.2 Å². The lowest BCUT2D eigenvalue weighted by Crippen LogP contribution is -2.34. The third-order valence-electron chi connectivity index (χ3n) is 1.78. The second-order valence-corrected chi connectivity index (χ2v) is 4.99. The van der Waals surface area contributed by atoms with Crippen LogP contribution >= 0.6 is 0 Å². The Labute approximate surface area is 78.2 Å². The van der Waals surface area contributed by atoms with Crippen molar-refractivity contribution in [1.82, 2.24) is 0 Å². The van der Waals surface area contributed by atoms with Gasteiger partial charge in [0.15, 0.2) is 0 Å². The molecule has 12 heavy (non-hydrogen) atoms. The van der Waals surface area contributed by atoms with Crippen molar-refractivity contribution in [3.63, 3.8) is 0 Å². The molecule has 0 aliphatic carbocycles. The molecule has 0 N–H and O–H groups in total. The van der Waals surface area contributed by atoms with Gasteiger partial charge in [0.05, 0.1) is 0 Å². The topological polar surface area (TPSA) is 18.5 Å². The van der Waals surface area contributed by atoms with Crippen LogP contribution in [0.4, 0.5) is 0 Å². The van der Waals surface area contributed by atoms with E-state index in [1.165, 1.54) is 9.99 Å². The average Bonchev–Trinajstić information content (AvgIpc) is 2.10. The highest BCUT2D eigenvalue weighted by atomic mass is 27.2. The van der Waals surface area contributed by atoms with Gasteiger partial charge >= 0.3 is 14.8 Å². The molecule has 0 fully saturated rings. The molecule has 0 aliphatic heterocycles. The Hall–Kier alpha value is -0.328. The Morgan fingerprint density at radius 1 is 1.00 bits per heavy atom. The van der Waals surface area contributed by atoms with Crippen LogP contribution in [0.2, 0.25) is 0 Å². The van der Waals surface area contributed by atoms with E-state index in [2.05, 4.69) is 31.2 Å². The second kappa shape index (κ2) is 4.64. The Kier molecular flexibility index (Phi) is 3.77. The van der Waals surface area contributed by atoms with Crippen LogP contribution in [0.5, 0.6) is 0 Å². The summed E-state index contributed by atoms with van der Waals surface area (Å²) in [7, 11) is 3.39. The molecule has 0 heterocycles. The molecule has 0 amide bonds. The number of hydrogen-bond donors (Lipinski definition) is 0. The van der Waals surface area contributed by atoms with Gasteiger partial charge in [-0.25, -0.2) is 0 Å². The Bertz CT molecular complexity index is 229. The van der Waals surface area contributed by atoms with Gasteiger partial charge in [0.2, 0.25) is 0 Å². The lowest BCUT2D eigenvalue weighted by molar-refractivity contribution is 0.292. The van der Waals surface area contributed by atoms with E-state index in [-0.39, 0.29) is 0 Å². The highest BCUT2D eigenvalue weighted by molar-refractivity contribution is 6.61. The fraction of sp³-hybridized carbons (Fsp3) is 0.333. The van der Waals surface area contributed by atoms with Crippen LogP contribution in [0, 0.1) is 6.92 Å². The molecule has 1 aromatic carbocycles. The SMILES string of the molecule is C[O][Al]([O]C)[c]1ccc(C)cc1. The van der Waals surface area contributed by atoms with E-state index >= 15 is 0 Å². The summed E-state index contributed by atoms with van der Waals surface area (Å²) in [5.41, 5.74) is 1.26. The van der Waals surface area contributed by atoms with E-state index in [0.717, 1.165) is 0 Å². The van der Waals surface area contributed by atoms with Crippen LogP contribution in [-0.4, -0.2) is 29.0 Å². The third-order valence-corrected chi connectivity index (χ3v) is 3.56. The molecule has 0 spiro atoms. The maximum absolute atomic E-state index is 5.24. The molecule has 0 unspecified atom stereocenters. The molecule has 0 aromatic heterocycles. The van der Waals surface area contributed by atoms with Crippen LogP contribution in [0.1, 0.15) is 5.56 Å². The van der Waals surface area contributed by atoms with Gasteiger partial charge in [0.25, 0.3) is 0 Å². The van der Waals surface area contributed by atoms with Crippen molar-refractivity contribution in [2.24, 2.45) is 0 Å². The fourth-order valence-electron chi connectivity index (χ4n) is 1.09. The van der Waals surface area contributed by atoms with Crippen molar-refractivity contribution in [2.75, 3.05) is 14.2 Å². The molecule has 3 heteroatoms. The van der Waals surface area contributed by atoms with Crippen LogP contribution in [-0.2, 0) is 7.58 Å². The minimum absolute atomic E-state index is 1.19. The van der Waals surface area contributed by atoms with Crippen molar-refractivity contribution in [1.29, 1.82) is 0 Å². The largest absolute Gasteiger partial charge is 0.717 e. The summed E-state index contributed by atoms with van der Waals surface area (Å²) < 4.78 is 11.7. The third kappa shape index (κ3) is 2.33. The van der Waals surface area contributed by atoms with Gasteiger partial charge < -0.3 is 7.58 Å². The maximum Gasteiger partial charge on any atom is 0.717 e. The second-order valence-electron chi connectivity index (χ2n) is 2.71. The minimum Gasteiger partial charge on any atom is -0.477 e. The molecular formula is C9H13AlO2. The summed E-state index contributed by atoms with van der Waals surface area (Å²) in [5.74, 6) is 0. The average molecular weight is 180 g/mol. The number of rotatable bonds is 3. The first-order chi connectivity index (χ1) is 5.77. The molecular weight excluding hydrogens is 167 g/mol. The summed E-state index contributed by atoms with van der Waals surface area (Å²) >= 11 is -1.57. The number of hydrogen-bond acceptors (Lipinski definition) is 2. The summed E-state index contributed by atoms with van der Waals surface area (Å²) in [6.45, 7) is 2.07. The van der Waals surface area contributed by atoms with Crippen molar-refractivity contribution >= 4 is 19.2 Å². The molecule has 0 aliphatic rings. The zero-order valence-electron chi connectivity index (χ0n) is 7.70. The van der Waals surface area contributed by atoms with Crippen molar-refractivity contribution in [2.45, 2.75) is 6.92 Å². The molecule has 0 atom stereocenters. The van der Waals surface area contributed by atoms with Crippen molar-refractivity contribution < 1.29 is 7.58 Å². The Balaban J connectivity index is 2.80. The van der Waals surface area contributed by atoms with Crippen molar-refractivity contribution in [3.05, 3.63) is 29.8 Å². The molecule has 1 aromatic rings. The summed E-state index contributed by atoms with van der Waals surface area (Å²) in [6.07, 6.45) is 0. The molecule has 64 valence electrons. The van der Waals surface area contributed by atoms with Gasteiger partial charge in [-0.2, -0.15) is 0 Å². The van der Waals surface area contributed by atoms with Gasteiger partial charge in [0.1, 0.15) is 0 Å². The highest BCUT2D eigenvalue weighted by Crippen LogP contribution is 1.95. The van der Waals surface area contributed by atoms with Crippen molar-refractivity contribution in [3.8, 4) is 0 Å². The maximum atomic E-state index is 5.24. The molecule has 1 rings (SSSR count). The standard InChI is InChI=1S/C7H7.2CH3O.Al/c1-7-5-3-2-4-6-7;2*1-2;/h3-6H,1H3;2*1H3;/q;2*-1;+2. The molecule has 2 nitrogen and oxygen atoms in total. The van der Waals surface area contributed by atoms with Crippen LogP contribution in [0.3, 0.4) is 0 Å². The summed E-state index contributed by atoms with van der Waals surface area (Å²) in [4.78, 5) is 0. The smallest absolute Gasteiger partial charge is 0.477 e. The highest BCUT2D eigenvalue weighted by Gasteiger charge is 2.24. The first-order valence-electron chi connectivity index (χ1n) is 3.90. The lowest BCUT2D eigenvalue weighted by Gasteiger charge is -2.06. The van der Waals surface area contributed by atoms with Gasteiger partial charge in [-0.3, -0.25) is 0 Å². The predicted molar refractivity (Wildman–Crippen MR) is 50.6 cm³/mol. The fourth-order valence-corrected chi connectivity index (χ4v) is 2.34. The van der Waals surface area contributed by atoms with E-state index < -0.39 is 14.8 Å². The first-order valence-corrected chi connectivity index (χ1v) is 5.42. The summed E-state index contributed by atoms with van der Waals surface area (Å²) in [5, 5.41) is 0. The molecule has 0 radical (unpaired) electrons. The van der Waals surface area contributed by atoms with Gasteiger partial charge in [0, 0.05) is 14.2 Å². The van der Waals surface area contributed by atoms with Gasteiger partial charge in [-0.15, -0.1) is 0 Å². The normalized spacial score (nSPS) is 9.92. The Morgan fingerprint density at radius 3 is 1.92 bits per heavy atom. The Morgan fingerprint density at radius 2 is 1.50 bits per heavy atom. The van der Waals surface area contributed by atoms with Gasteiger partial charge in [-0.05, 0) is 11.3 Å². The predicted octanol–water partition coefficient (Wildman–Crippen LogP) is 0.983.